The minimum atomic E-state index is -1.36. The second kappa shape index (κ2) is 5.19. The monoisotopic (exact) mass is 246 g/mol. The Labute approximate surface area is 106 Å². The minimum absolute atomic E-state index is 0.871. The van der Waals surface area contributed by atoms with Crippen molar-refractivity contribution in [2.24, 2.45) is 0 Å². The first kappa shape index (κ1) is 12.6. The molecule has 0 heterocycles. The number of rotatable bonds is 5. The van der Waals surface area contributed by atoms with Gasteiger partial charge in [-0.3, -0.25) is 0 Å². The van der Waals surface area contributed by atoms with Crippen molar-refractivity contribution in [1.82, 2.24) is 0 Å². The highest BCUT2D eigenvalue weighted by Crippen LogP contribution is 2.31. The summed E-state index contributed by atoms with van der Waals surface area (Å²) in [6.45, 7) is 7.61. The Kier molecular flexibility index (Phi) is 3.85. The first-order valence-corrected chi connectivity index (χ1v) is 9.87. The molecule has 0 N–H and O–H groups in total. The van der Waals surface area contributed by atoms with Gasteiger partial charge in [-0.2, -0.15) is 0 Å². The maximum absolute atomic E-state index is 5.94. The van der Waals surface area contributed by atoms with E-state index in [4.69, 9.17) is 4.43 Å². The standard InChI is InChI=1S/C15H22OSi/c1-17(2,3)16-12-11-14-9-6-10-15(14)13-7-4-5-8-13/h4,6-9H,5,10-12H2,1-3H3. The smallest absolute Gasteiger partial charge is 0.183 e. The summed E-state index contributed by atoms with van der Waals surface area (Å²) in [7, 11) is -1.36. The Hall–Kier alpha value is -0.863. The van der Waals surface area contributed by atoms with Crippen molar-refractivity contribution >= 4 is 8.32 Å². The van der Waals surface area contributed by atoms with Gasteiger partial charge in [0.2, 0.25) is 0 Å². The van der Waals surface area contributed by atoms with E-state index in [2.05, 4.69) is 50.0 Å². The molecule has 0 amide bonds. The van der Waals surface area contributed by atoms with Gasteiger partial charge in [0.25, 0.3) is 0 Å². The highest BCUT2D eigenvalue weighted by atomic mass is 28.4. The Morgan fingerprint density at radius 2 is 2.00 bits per heavy atom. The van der Waals surface area contributed by atoms with Gasteiger partial charge >= 0.3 is 0 Å². The summed E-state index contributed by atoms with van der Waals surface area (Å²) in [6.07, 6.45) is 14.6. The van der Waals surface area contributed by atoms with E-state index in [-0.39, 0.29) is 0 Å². The van der Waals surface area contributed by atoms with Gasteiger partial charge in [-0.15, -0.1) is 0 Å². The summed E-state index contributed by atoms with van der Waals surface area (Å²) in [6, 6.07) is 0. The Bertz CT molecular complexity index is 405. The fourth-order valence-corrected chi connectivity index (χ4v) is 2.95. The molecule has 92 valence electrons. The van der Waals surface area contributed by atoms with Crippen molar-refractivity contribution in [1.29, 1.82) is 0 Å². The predicted molar refractivity (Wildman–Crippen MR) is 76.5 cm³/mol. The third kappa shape index (κ3) is 3.55. The zero-order chi connectivity index (χ0) is 12.3. The van der Waals surface area contributed by atoms with E-state index in [1.165, 1.54) is 16.7 Å². The first-order chi connectivity index (χ1) is 8.06. The average Bonchev–Trinajstić information content (AvgIpc) is 2.82. The fraction of sp³-hybridized carbons (Fsp3) is 0.467. The third-order valence-electron chi connectivity index (χ3n) is 3.05. The third-order valence-corrected chi connectivity index (χ3v) is 4.12. The maximum Gasteiger partial charge on any atom is 0.183 e. The predicted octanol–water partition coefficient (Wildman–Crippen LogP) is 4.37. The van der Waals surface area contributed by atoms with Crippen LogP contribution in [0.3, 0.4) is 0 Å². The van der Waals surface area contributed by atoms with Gasteiger partial charge in [0.05, 0.1) is 0 Å². The maximum atomic E-state index is 5.94. The lowest BCUT2D eigenvalue weighted by Gasteiger charge is -2.17. The Morgan fingerprint density at radius 1 is 1.18 bits per heavy atom. The summed E-state index contributed by atoms with van der Waals surface area (Å²) in [4.78, 5) is 0. The molecule has 0 atom stereocenters. The van der Waals surface area contributed by atoms with Crippen molar-refractivity contribution in [3.63, 3.8) is 0 Å². The Balaban J connectivity index is 1.96. The van der Waals surface area contributed by atoms with Gasteiger partial charge in [0.1, 0.15) is 0 Å². The van der Waals surface area contributed by atoms with Gasteiger partial charge in [0.15, 0.2) is 8.32 Å². The van der Waals surface area contributed by atoms with E-state index in [0.29, 0.717) is 0 Å². The molecule has 2 heteroatoms. The second-order valence-electron chi connectivity index (χ2n) is 5.62. The van der Waals surface area contributed by atoms with Crippen LogP contribution in [-0.2, 0) is 4.43 Å². The lowest BCUT2D eigenvalue weighted by atomic mass is 10.0. The molecule has 17 heavy (non-hydrogen) atoms. The van der Waals surface area contributed by atoms with E-state index in [0.717, 1.165) is 25.9 Å². The molecule has 0 aromatic rings. The molecule has 0 saturated heterocycles. The quantitative estimate of drug-likeness (QED) is 0.654. The highest BCUT2D eigenvalue weighted by molar-refractivity contribution is 6.69. The molecular weight excluding hydrogens is 224 g/mol. The highest BCUT2D eigenvalue weighted by Gasteiger charge is 2.16. The molecule has 0 saturated carbocycles. The van der Waals surface area contributed by atoms with Crippen LogP contribution in [0, 0.1) is 0 Å². The van der Waals surface area contributed by atoms with Crippen LogP contribution in [0.15, 0.2) is 47.1 Å². The molecule has 2 aliphatic rings. The van der Waals surface area contributed by atoms with E-state index in [1.54, 1.807) is 0 Å². The summed E-state index contributed by atoms with van der Waals surface area (Å²) < 4.78 is 5.94. The first-order valence-electron chi connectivity index (χ1n) is 6.46. The average molecular weight is 246 g/mol. The topological polar surface area (TPSA) is 9.23 Å². The second-order valence-corrected chi connectivity index (χ2v) is 10.1. The number of hydrogen-bond donors (Lipinski definition) is 0. The molecule has 0 aromatic carbocycles. The van der Waals surface area contributed by atoms with Crippen molar-refractivity contribution < 1.29 is 4.43 Å². The molecular formula is C15H22OSi. The molecule has 0 aliphatic heterocycles. The molecule has 0 aromatic heterocycles. The lowest BCUT2D eigenvalue weighted by molar-refractivity contribution is 0.316. The van der Waals surface area contributed by atoms with Gasteiger partial charge < -0.3 is 4.43 Å². The molecule has 0 bridgehead atoms. The van der Waals surface area contributed by atoms with E-state index < -0.39 is 8.32 Å². The van der Waals surface area contributed by atoms with Crippen LogP contribution < -0.4 is 0 Å². The largest absolute Gasteiger partial charge is 0.417 e. The molecule has 0 spiro atoms. The number of allylic oxidation sites excluding steroid dienone is 7. The van der Waals surface area contributed by atoms with Crippen molar-refractivity contribution in [3.8, 4) is 0 Å². The molecule has 2 rings (SSSR count). The van der Waals surface area contributed by atoms with Crippen LogP contribution in [-0.4, -0.2) is 14.9 Å². The minimum Gasteiger partial charge on any atom is -0.417 e. The van der Waals surface area contributed by atoms with Crippen LogP contribution in [0.2, 0.25) is 19.6 Å². The molecule has 1 nitrogen and oxygen atoms in total. The summed E-state index contributed by atoms with van der Waals surface area (Å²) >= 11 is 0. The fourth-order valence-electron chi connectivity index (χ4n) is 2.24. The van der Waals surface area contributed by atoms with Gasteiger partial charge in [0, 0.05) is 6.61 Å². The molecule has 2 aliphatic carbocycles. The summed E-state index contributed by atoms with van der Waals surface area (Å²) in [5.41, 5.74) is 4.41. The van der Waals surface area contributed by atoms with E-state index >= 15 is 0 Å². The Morgan fingerprint density at radius 3 is 2.65 bits per heavy atom. The van der Waals surface area contributed by atoms with Crippen LogP contribution >= 0.6 is 0 Å². The van der Waals surface area contributed by atoms with Crippen LogP contribution in [0.1, 0.15) is 19.3 Å². The van der Waals surface area contributed by atoms with Crippen LogP contribution in [0.5, 0.6) is 0 Å². The van der Waals surface area contributed by atoms with Crippen LogP contribution in [0.4, 0.5) is 0 Å². The molecule has 0 radical (unpaired) electrons. The lowest BCUT2D eigenvalue weighted by Crippen LogP contribution is -2.25. The van der Waals surface area contributed by atoms with E-state index in [9.17, 15) is 0 Å². The van der Waals surface area contributed by atoms with Crippen molar-refractivity contribution in [2.45, 2.75) is 38.9 Å². The van der Waals surface area contributed by atoms with Gasteiger partial charge in [-0.1, -0.05) is 30.4 Å². The van der Waals surface area contributed by atoms with Crippen LogP contribution in [0.25, 0.3) is 0 Å². The summed E-state index contributed by atoms with van der Waals surface area (Å²) in [5, 5.41) is 0. The molecule has 0 fully saturated rings. The van der Waals surface area contributed by atoms with Crippen molar-refractivity contribution in [3.05, 3.63) is 47.1 Å². The SMILES string of the molecule is C[Si](C)(C)OCCC1=C(C2=CCC=C2)CC=C1. The zero-order valence-electron chi connectivity index (χ0n) is 11.1. The number of hydrogen-bond acceptors (Lipinski definition) is 1. The van der Waals surface area contributed by atoms with Gasteiger partial charge in [-0.25, -0.2) is 0 Å². The van der Waals surface area contributed by atoms with E-state index in [1.807, 2.05) is 0 Å². The van der Waals surface area contributed by atoms with Crippen molar-refractivity contribution in [2.75, 3.05) is 6.61 Å². The molecule has 0 unspecified atom stereocenters. The normalized spacial score (nSPS) is 19.4. The van der Waals surface area contributed by atoms with Gasteiger partial charge in [-0.05, 0) is 55.6 Å². The summed E-state index contributed by atoms with van der Waals surface area (Å²) in [5.74, 6) is 0. The zero-order valence-corrected chi connectivity index (χ0v) is 12.1.